The van der Waals surface area contributed by atoms with E-state index < -0.39 is 0 Å². The second-order valence-corrected chi connectivity index (χ2v) is 4.64. The van der Waals surface area contributed by atoms with Gasteiger partial charge in [0.15, 0.2) is 0 Å². The zero-order valence-corrected chi connectivity index (χ0v) is 9.53. The van der Waals surface area contributed by atoms with Crippen molar-refractivity contribution >= 4 is 11.3 Å². The van der Waals surface area contributed by atoms with E-state index in [9.17, 15) is 0 Å². The van der Waals surface area contributed by atoms with Crippen LogP contribution in [0.4, 0.5) is 0 Å². The lowest BCUT2D eigenvalue weighted by molar-refractivity contribution is 0.464. The van der Waals surface area contributed by atoms with Gasteiger partial charge >= 0.3 is 0 Å². The van der Waals surface area contributed by atoms with Gasteiger partial charge in [0, 0.05) is 10.9 Å². The third-order valence-electron chi connectivity index (χ3n) is 2.44. The largest absolute Gasteiger partial charge is 0.309 e. The van der Waals surface area contributed by atoms with Gasteiger partial charge < -0.3 is 5.32 Å². The second-order valence-electron chi connectivity index (χ2n) is 3.66. The third-order valence-corrected chi connectivity index (χ3v) is 3.49. The lowest BCUT2D eigenvalue weighted by Crippen LogP contribution is -2.23. The Balaban J connectivity index is 2.30. The van der Waals surface area contributed by atoms with Crippen molar-refractivity contribution in [2.45, 2.75) is 33.2 Å². The zero-order valence-electron chi connectivity index (χ0n) is 8.71. The Morgan fingerprint density at radius 3 is 2.77 bits per heavy atom. The van der Waals surface area contributed by atoms with Gasteiger partial charge in [0.1, 0.15) is 0 Å². The van der Waals surface area contributed by atoms with Crippen LogP contribution in [0.5, 0.6) is 0 Å². The molecule has 1 aromatic rings. The van der Waals surface area contributed by atoms with Crippen LogP contribution in [-0.4, -0.2) is 6.54 Å². The summed E-state index contributed by atoms with van der Waals surface area (Å²) in [7, 11) is 0. The maximum atomic E-state index is 3.55. The molecule has 0 radical (unpaired) electrons. The molecule has 0 aliphatic heterocycles. The highest BCUT2D eigenvalue weighted by Crippen LogP contribution is 2.18. The molecule has 1 heterocycles. The molecule has 0 fully saturated rings. The predicted molar refractivity (Wildman–Crippen MR) is 60.2 cm³/mol. The molecular weight excluding hydrogens is 178 g/mol. The summed E-state index contributed by atoms with van der Waals surface area (Å²) in [6.07, 6.45) is 1.25. The molecule has 0 saturated carbocycles. The van der Waals surface area contributed by atoms with E-state index in [0.29, 0.717) is 6.04 Å². The Hall–Kier alpha value is -0.340. The number of hydrogen-bond donors (Lipinski definition) is 1. The highest BCUT2D eigenvalue weighted by molar-refractivity contribution is 7.10. The first-order valence-electron chi connectivity index (χ1n) is 5.00. The molecule has 1 unspecified atom stereocenters. The van der Waals surface area contributed by atoms with Crippen molar-refractivity contribution in [1.82, 2.24) is 5.32 Å². The average Bonchev–Trinajstić information content (AvgIpc) is 2.66. The summed E-state index contributed by atoms with van der Waals surface area (Å²) in [5.74, 6) is 0.780. The topological polar surface area (TPSA) is 12.0 Å². The molecule has 1 rings (SSSR count). The number of nitrogens with one attached hydrogen (secondary N) is 1. The van der Waals surface area contributed by atoms with Crippen molar-refractivity contribution in [2.24, 2.45) is 5.92 Å². The molecule has 0 aromatic carbocycles. The Bertz CT molecular complexity index is 218. The fraction of sp³-hybridized carbons (Fsp3) is 0.636. The SMILES string of the molecule is CCC(C)CN[C@H](C)c1cccs1. The van der Waals surface area contributed by atoms with Gasteiger partial charge in [-0.15, -0.1) is 11.3 Å². The van der Waals surface area contributed by atoms with Crippen LogP contribution in [0.25, 0.3) is 0 Å². The van der Waals surface area contributed by atoms with Crippen LogP contribution in [0.15, 0.2) is 17.5 Å². The normalized spacial score (nSPS) is 15.6. The first-order valence-corrected chi connectivity index (χ1v) is 5.88. The van der Waals surface area contributed by atoms with Gasteiger partial charge in [-0.05, 0) is 30.8 Å². The Morgan fingerprint density at radius 2 is 2.23 bits per heavy atom. The van der Waals surface area contributed by atoms with Gasteiger partial charge in [-0.25, -0.2) is 0 Å². The van der Waals surface area contributed by atoms with Crippen LogP contribution in [0.1, 0.15) is 38.1 Å². The fourth-order valence-corrected chi connectivity index (χ4v) is 1.92. The van der Waals surface area contributed by atoms with Crippen LogP contribution in [0.3, 0.4) is 0 Å². The van der Waals surface area contributed by atoms with Crippen molar-refractivity contribution in [3.8, 4) is 0 Å². The van der Waals surface area contributed by atoms with E-state index >= 15 is 0 Å². The van der Waals surface area contributed by atoms with Crippen LogP contribution >= 0.6 is 11.3 Å². The minimum Gasteiger partial charge on any atom is -0.309 e. The predicted octanol–water partition coefficient (Wildman–Crippen LogP) is 3.44. The van der Waals surface area contributed by atoms with E-state index in [2.05, 4.69) is 43.6 Å². The fourth-order valence-electron chi connectivity index (χ4n) is 1.16. The van der Waals surface area contributed by atoms with Crippen LogP contribution in [0, 0.1) is 5.92 Å². The maximum absolute atomic E-state index is 3.55. The molecule has 0 saturated heterocycles. The molecule has 2 atom stereocenters. The van der Waals surface area contributed by atoms with Gasteiger partial charge in [-0.1, -0.05) is 26.3 Å². The first kappa shape index (κ1) is 10.7. The van der Waals surface area contributed by atoms with Crippen molar-refractivity contribution in [2.75, 3.05) is 6.54 Å². The van der Waals surface area contributed by atoms with Crippen LogP contribution in [-0.2, 0) is 0 Å². The number of rotatable bonds is 5. The van der Waals surface area contributed by atoms with E-state index in [4.69, 9.17) is 0 Å². The smallest absolute Gasteiger partial charge is 0.0386 e. The van der Waals surface area contributed by atoms with E-state index in [0.717, 1.165) is 12.5 Å². The van der Waals surface area contributed by atoms with Gasteiger partial charge in [0.2, 0.25) is 0 Å². The van der Waals surface area contributed by atoms with E-state index in [-0.39, 0.29) is 0 Å². The van der Waals surface area contributed by atoms with Crippen molar-refractivity contribution < 1.29 is 0 Å². The number of hydrogen-bond acceptors (Lipinski definition) is 2. The lowest BCUT2D eigenvalue weighted by atomic mass is 10.1. The summed E-state index contributed by atoms with van der Waals surface area (Å²) in [5.41, 5.74) is 0. The quantitative estimate of drug-likeness (QED) is 0.762. The highest BCUT2D eigenvalue weighted by Gasteiger charge is 2.06. The second kappa shape index (κ2) is 5.40. The molecule has 0 spiro atoms. The van der Waals surface area contributed by atoms with Crippen molar-refractivity contribution in [1.29, 1.82) is 0 Å². The molecule has 2 heteroatoms. The summed E-state index contributed by atoms with van der Waals surface area (Å²) < 4.78 is 0. The lowest BCUT2D eigenvalue weighted by Gasteiger charge is -2.15. The minimum absolute atomic E-state index is 0.508. The summed E-state index contributed by atoms with van der Waals surface area (Å²) in [6.45, 7) is 7.88. The van der Waals surface area contributed by atoms with Crippen molar-refractivity contribution in [3.05, 3.63) is 22.4 Å². The molecule has 0 aliphatic rings. The molecule has 0 aliphatic carbocycles. The highest BCUT2D eigenvalue weighted by atomic mass is 32.1. The Labute approximate surface area is 85.2 Å². The van der Waals surface area contributed by atoms with Gasteiger partial charge in [0.25, 0.3) is 0 Å². The summed E-state index contributed by atoms with van der Waals surface area (Å²) in [4.78, 5) is 1.43. The molecule has 0 bridgehead atoms. The third kappa shape index (κ3) is 3.49. The van der Waals surface area contributed by atoms with Crippen LogP contribution < -0.4 is 5.32 Å². The molecule has 13 heavy (non-hydrogen) atoms. The molecular formula is C11H19NS. The minimum atomic E-state index is 0.508. The zero-order chi connectivity index (χ0) is 9.68. The Kier molecular flexibility index (Phi) is 4.46. The molecule has 0 amide bonds. The first-order chi connectivity index (χ1) is 6.24. The summed E-state index contributed by atoms with van der Waals surface area (Å²) in [6, 6.07) is 4.81. The molecule has 74 valence electrons. The van der Waals surface area contributed by atoms with Gasteiger partial charge in [0.05, 0.1) is 0 Å². The van der Waals surface area contributed by atoms with Gasteiger partial charge in [-0.3, -0.25) is 0 Å². The summed E-state index contributed by atoms with van der Waals surface area (Å²) in [5, 5.41) is 5.68. The van der Waals surface area contributed by atoms with E-state index in [1.807, 2.05) is 11.3 Å². The molecule has 1 N–H and O–H groups in total. The maximum Gasteiger partial charge on any atom is 0.0386 e. The standard InChI is InChI=1S/C11H19NS/c1-4-9(2)8-12-10(3)11-6-5-7-13-11/h5-7,9-10,12H,4,8H2,1-3H3/t9?,10-/m1/s1. The molecule has 1 nitrogen and oxygen atoms in total. The molecule has 1 aromatic heterocycles. The van der Waals surface area contributed by atoms with E-state index in [1.165, 1.54) is 11.3 Å². The number of thiophene rings is 1. The van der Waals surface area contributed by atoms with Crippen LogP contribution in [0.2, 0.25) is 0 Å². The summed E-state index contributed by atoms with van der Waals surface area (Å²) >= 11 is 1.83. The monoisotopic (exact) mass is 197 g/mol. The van der Waals surface area contributed by atoms with Gasteiger partial charge in [-0.2, -0.15) is 0 Å². The Morgan fingerprint density at radius 1 is 1.46 bits per heavy atom. The van der Waals surface area contributed by atoms with E-state index in [1.54, 1.807) is 0 Å². The van der Waals surface area contributed by atoms with Crippen molar-refractivity contribution in [3.63, 3.8) is 0 Å². The average molecular weight is 197 g/mol.